The van der Waals surface area contributed by atoms with Crippen LogP contribution in [0.1, 0.15) is 53.9 Å². The fraction of sp³-hybridized carbons (Fsp3) is 0.833. The average molecular weight is 213 g/mol. The normalized spacial score (nSPS) is 13.4. The Bertz CT molecular complexity index is 234. The summed E-state index contributed by atoms with van der Waals surface area (Å²) in [6.07, 6.45) is 2.28. The van der Waals surface area contributed by atoms with Crippen LogP contribution in [-0.4, -0.2) is 17.2 Å². The maximum Gasteiger partial charge on any atom is 0.221 e. The Kier molecular flexibility index (Phi) is 5.55. The SMILES string of the molecule is CCCC(C)(C)NC(=O)CC(C)C(C)=O. The molecule has 1 atom stereocenters. The van der Waals surface area contributed by atoms with E-state index in [4.69, 9.17) is 0 Å². The van der Waals surface area contributed by atoms with Gasteiger partial charge in [0.05, 0.1) is 0 Å². The molecular weight excluding hydrogens is 190 g/mol. The molecule has 0 saturated heterocycles. The van der Waals surface area contributed by atoms with Crippen molar-refractivity contribution in [1.29, 1.82) is 0 Å². The first-order valence-electron chi connectivity index (χ1n) is 5.60. The van der Waals surface area contributed by atoms with E-state index < -0.39 is 0 Å². The Morgan fingerprint density at radius 2 is 1.87 bits per heavy atom. The Hall–Kier alpha value is -0.860. The van der Waals surface area contributed by atoms with Crippen molar-refractivity contribution in [1.82, 2.24) is 5.32 Å². The van der Waals surface area contributed by atoms with E-state index in [2.05, 4.69) is 12.2 Å². The molecule has 0 aromatic carbocycles. The van der Waals surface area contributed by atoms with E-state index in [0.29, 0.717) is 6.42 Å². The van der Waals surface area contributed by atoms with E-state index in [1.54, 1.807) is 6.92 Å². The number of rotatable bonds is 6. The van der Waals surface area contributed by atoms with Gasteiger partial charge >= 0.3 is 0 Å². The Morgan fingerprint density at radius 3 is 2.27 bits per heavy atom. The van der Waals surface area contributed by atoms with Crippen molar-refractivity contribution in [2.45, 2.75) is 59.4 Å². The van der Waals surface area contributed by atoms with E-state index in [1.165, 1.54) is 6.92 Å². The number of hydrogen-bond donors (Lipinski definition) is 1. The number of carbonyl (C=O) groups is 2. The van der Waals surface area contributed by atoms with Gasteiger partial charge in [0.15, 0.2) is 0 Å². The van der Waals surface area contributed by atoms with E-state index in [9.17, 15) is 9.59 Å². The van der Waals surface area contributed by atoms with Crippen LogP contribution >= 0.6 is 0 Å². The van der Waals surface area contributed by atoms with Crippen LogP contribution in [0, 0.1) is 5.92 Å². The van der Waals surface area contributed by atoms with Crippen molar-refractivity contribution in [3.63, 3.8) is 0 Å². The summed E-state index contributed by atoms with van der Waals surface area (Å²) in [6.45, 7) is 9.41. The summed E-state index contributed by atoms with van der Waals surface area (Å²) in [5.74, 6) is -0.142. The predicted octanol–water partition coefficient (Wildman–Crippen LogP) is 2.30. The molecule has 0 aliphatic rings. The fourth-order valence-electron chi connectivity index (χ4n) is 1.54. The lowest BCUT2D eigenvalue weighted by Crippen LogP contribution is -2.44. The van der Waals surface area contributed by atoms with Crippen molar-refractivity contribution in [3.05, 3.63) is 0 Å². The molecule has 0 bridgehead atoms. The lowest BCUT2D eigenvalue weighted by molar-refractivity contribution is -0.128. The summed E-state index contributed by atoms with van der Waals surface area (Å²) in [6, 6.07) is 0. The average Bonchev–Trinajstić information content (AvgIpc) is 2.01. The standard InChI is InChI=1S/C12H23NO2/c1-6-7-12(4,5)13-11(15)8-9(2)10(3)14/h9H,6-8H2,1-5H3,(H,13,15). The predicted molar refractivity (Wildman–Crippen MR) is 61.6 cm³/mol. The van der Waals surface area contributed by atoms with Gasteiger partial charge in [0.25, 0.3) is 0 Å². The highest BCUT2D eigenvalue weighted by molar-refractivity contribution is 5.85. The summed E-state index contributed by atoms with van der Waals surface area (Å²) in [4.78, 5) is 22.6. The molecule has 1 amide bonds. The molecule has 15 heavy (non-hydrogen) atoms. The maximum absolute atomic E-state index is 11.6. The first-order chi connectivity index (χ1) is 6.78. The van der Waals surface area contributed by atoms with Gasteiger partial charge in [-0.25, -0.2) is 0 Å². The molecule has 1 unspecified atom stereocenters. The minimum absolute atomic E-state index is 0.0313. The van der Waals surface area contributed by atoms with Crippen LogP contribution in [0.2, 0.25) is 0 Å². The number of amides is 1. The molecule has 88 valence electrons. The van der Waals surface area contributed by atoms with Gasteiger partial charge in [0, 0.05) is 17.9 Å². The third kappa shape index (κ3) is 6.26. The molecule has 1 N–H and O–H groups in total. The summed E-state index contributed by atoms with van der Waals surface area (Å²) >= 11 is 0. The van der Waals surface area contributed by atoms with Gasteiger partial charge in [-0.15, -0.1) is 0 Å². The van der Waals surface area contributed by atoms with Crippen LogP contribution in [0.3, 0.4) is 0 Å². The maximum atomic E-state index is 11.6. The second-order valence-corrected chi connectivity index (χ2v) is 4.90. The van der Waals surface area contributed by atoms with Crippen molar-refractivity contribution in [2.75, 3.05) is 0 Å². The van der Waals surface area contributed by atoms with Crippen LogP contribution < -0.4 is 5.32 Å². The van der Waals surface area contributed by atoms with Gasteiger partial charge < -0.3 is 5.32 Å². The lowest BCUT2D eigenvalue weighted by Gasteiger charge is -2.26. The third-order valence-corrected chi connectivity index (χ3v) is 2.54. The van der Waals surface area contributed by atoms with Crippen LogP contribution in [0.15, 0.2) is 0 Å². The molecule has 0 spiro atoms. The van der Waals surface area contributed by atoms with Crippen molar-refractivity contribution < 1.29 is 9.59 Å². The van der Waals surface area contributed by atoms with Gasteiger partial charge in [0.1, 0.15) is 5.78 Å². The first-order valence-corrected chi connectivity index (χ1v) is 5.60. The zero-order valence-corrected chi connectivity index (χ0v) is 10.5. The van der Waals surface area contributed by atoms with E-state index >= 15 is 0 Å². The summed E-state index contributed by atoms with van der Waals surface area (Å²) in [5, 5.41) is 2.95. The quantitative estimate of drug-likeness (QED) is 0.736. The summed E-state index contributed by atoms with van der Waals surface area (Å²) < 4.78 is 0. The van der Waals surface area contributed by atoms with Crippen LogP contribution in [0.25, 0.3) is 0 Å². The molecular formula is C12H23NO2. The summed E-state index contributed by atoms with van der Waals surface area (Å²) in [7, 11) is 0. The van der Waals surface area contributed by atoms with Crippen molar-refractivity contribution >= 4 is 11.7 Å². The Labute approximate surface area is 92.6 Å². The van der Waals surface area contributed by atoms with Gasteiger partial charge in [-0.1, -0.05) is 20.3 Å². The molecule has 0 aromatic rings. The van der Waals surface area contributed by atoms with Crippen LogP contribution in [0.4, 0.5) is 0 Å². The number of ketones is 1. The third-order valence-electron chi connectivity index (χ3n) is 2.54. The molecule has 0 saturated carbocycles. The smallest absolute Gasteiger partial charge is 0.221 e. The van der Waals surface area contributed by atoms with E-state index in [0.717, 1.165) is 12.8 Å². The van der Waals surface area contributed by atoms with Gasteiger partial charge in [-0.3, -0.25) is 9.59 Å². The minimum atomic E-state index is -0.178. The molecule has 0 fully saturated rings. The van der Waals surface area contributed by atoms with Crippen molar-refractivity contribution in [3.8, 4) is 0 Å². The van der Waals surface area contributed by atoms with Crippen LogP contribution in [0.5, 0.6) is 0 Å². The molecule has 0 aliphatic carbocycles. The zero-order chi connectivity index (χ0) is 12.1. The molecule has 3 nitrogen and oxygen atoms in total. The fourth-order valence-corrected chi connectivity index (χ4v) is 1.54. The van der Waals surface area contributed by atoms with Gasteiger partial charge in [-0.05, 0) is 27.2 Å². The van der Waals surface area contributed by atoms with E-state index in [-0.39, 0.29) is 23.1 Å². The lowest BCUT2D eigenvalue weighted by atomic mass is 9.97. The first kappa shape index (κ1) is 14.1. The number of carbonyl (C=O) groups excluding carboxylic acids is 2. The molecule has 0 aromatic heterocycles. The number of hydrogen-bond acceptors (Lipinski definition) is 2. The molecule has 0 heterocycles. The topological polar surface area (TPSA) is 46.2 Å². The second-order valence-electron chi connectivity index (χ2n) is 4.90. The Balaban J connectivity index is 4.08. The Morgan fingerprint density at radius 1 is 1.33 bits per heavy atom. The number of nitrogens with one attached hydrogen (secondary N) is 1. The molecule has 3 heteroatoms. The summed E-state index contributed by atoms with van der Waals surface area (Å²) in [5.41, 5.74) is -0.164. The molecule has 0 radical (unpaired) electrons. The highest BCUT2D eigenvalue weighted by atomic mass is 16.2. The van der Waals surface area contributed by atoms with E-state index in [1.807, 2.05) is 13.8 Å². The van der Waals surface area contributed by atoms with Crippen molar-refractivity contribution in [2.24, 2.45) is 5.92 Å². The highest BCUT2D eigenvalue weighted by Gasteiger charge is 2.21. The van der Waals surface area contributed by atoms with Crippen LogP contribution in [-0.2, 0) is 9.59 Å². The van der Waals surface area contributed by atoms with Gasteiger partial charge in [-0.2, -0.15) is 0 Å². The molecule has 0 aliphatic heterocycles. The molecule has 0 rings (SSSR count). The number of Topliss-reactive ketones (excluding diaryl/α,β-unsaturated/α-hetero) is 1. The van der Waals surface area contributed by atoms with Gasteiger partial charge in [0.2, 0.25) is 5.91 Å². The monoisotopic (exact) mass is 213 g/mol. The zero-order valence-electron chi connectivity index (χ0n) is 10.5. The highest BCUT2D eigenvalue weighted by Crippen LogP contribution is 2.12. The minimum Gasteiger partial charge on any atom is -0.351 e. The second kappa shape index (κ2) is 5.89. The largest absolute Gasteiger partial charge is 0.351 e.